The molecule has 6 nitrogen and oxygen atoms in total. The number of aryl methyl sites for hydroxylation is 2. The summed E-state index contributed by atoms with van der Waals surface area (Å²) in [5, 5.41) is 6.01. The van der Waals surface area contributed by atoms with E-state index in [-0.39, 0.29) is 5.91 Å². The highest BCUT2D eigenvalue weighted by molar-refractivity contribution is 5.94. The number of benzene rings is 2. The minimum atomic E-state index is -0.152. The van der Waals surface area contributed by atoms with Crippen molar-refractivity contribution in [3.8, 4) is 0 Å². The van der Waals surface area contributed by atoms with E-state index in [1.807, 2.05) is 56.3 Å². The van der Waals surface area contributed by atoms with Crippen molar-refractivity contribution in [3.63, 3.8) is 0 Å². The molecule has 0 aliphatic carbocycles. The first-order valence-corrected chi connectivity index (χ1v) is 11.2. The van der Waals surface area contributed by atoms with Gasteiger partial charge in [-0.3, -0.25) is 14.8 Å². The number of nitrogens with one attached hydrogen (secondary N) is 1. The highest BCUT2D eigenvalue weighted by Gasteiger charge is 2.11. The van der Waals surface area contributed by atoms with Gasteiger partial charge in [0.15, 0.2) is 0 Å². The van der Waals surface area contributed by atoms with Crippen LogP contribution in [0.5, 0.6) is 0 Å². The maximum Gasteiger partial charge on any atom is 0.253 e. The Kier molecular flexibility index (Phi) is 5.64. The van der Waals surface area contributed by atoms with E-state index in [0.717, 1.165) is 49.8 Å². The normalized spacial score (nSPS) is 11.1. The third kappa shape index (κ3) is 4.43. The molecular formula is C28H25N5O. The fourth-order valence-corrected chi connectivity index (χ4v) is 4.13. The van der Waals surface area contributed by atoms with Gasteiger partial charge in [0, 0.05) is 41.1 Å². The Bertz CT molecular complexity index is 1540. The summed E-state index contributed by atoms with van der Waals surface area (Å²) < 4.78 is 0. The van der Waals surface area contributed by atoms with Crippen molar-refractivity contribution in [1.82, 2.24) is 20.3 Å². The maximum absolute atomic E-state index is 12.9. The Morgan fingerprint density at radius 1 is 0.912 bits per heavy atom. The van der Waals surface area contributed by atoms with Crippen LogP contribution in [-0.4, -0.2) is 20.9 Å². The number of nitrogens with zero attached hydrogens (tertiary/aromatic N) is 3. The molecule has 0 unspecified atom stereocenters. The number of anilines is 1. The smallest absolute Gasteiger partial charge is 0.253 e. The van der Waals surface area contributed by atoms with Gasteiger partial charge in [0.25, 0.3) is 5.91 Å². The van der Waals surface area contributed by atoms with E-state index >= 15 is 0 Å². The van der Waals surface area contributed by atoms with Crippen molar-refractivity contribution >= 4 is 33.4 Å². The van der Waals surface area contributed by atoms with Gasteiger partial charge in [-0.1, -0.05) is 24.3 Å². The van der Waals surface area contributed by atoms with Gasteiger partial charge >= 0.3 is 0 Å². The Morgan fingerprint density at radius 3 is 2.62 bits per heavy atom. The number of nitrogens with two attached hydrogens (primary N) is 1. The Morgan fingerprint density at radius 2 is 1.74 bits per heavy atom. The molecule has 0 saturated carbocycles. The van der Waals surface area contributed by atoms with E-state index < -0.39 is 0 Å². The average Bonchev–Trinajstić information content (AvgIpc) is 2.84. The second kappa shape index (κ2) is 8.90. The molecule has 3 heterocycles. The van der Waals surface area contributed by atoms with Crippen molar-refractivity contribution in [2.45, 2.75) is 26.8 Å². The lowest BCUT2D eigenvalue weighted by Gasteiger charge is -2.11. The van der Waals surface area contributed by atoms with E-state index in [9.17, 15) is 4.79 Å². The van der Waals surface area contributed by atoms with Gasteiger partial charge in [-0.25, -0.2) is 4.98 Å². The number of carbonyl (C=O) groups is 1. The first-order valence-electron chi connectivity index (χ1n) is 11.2. The largest absolute Gasteiger partial charge is 0.383 e. The van der Waals surface area contributed by atoms with E-state index in [1.165, 1.54) is 0 Å². The summed E-state index contributed by atoms with van der Waals surface area (Å²) in [5.74, 6) is 0.352. The summed E-state index contributed by atoms with van der Waals surface area (Å²) in [6.45, 7) is 4.38. The minimum absolute atomic E-state index is 0.152. The molecule has 5 rings (SSSR count). The molecule has 0 atom stereocenters. The van der Waals surface area contributed by atoms with Crippen LogP contribution in [0.2, 0.25) is 0 Å². The van der Waals surface area contributed by atoms with Crippen LogP contribution in [0.4, 0.5) is 5.82 Å². The Labute approximate surface area is 197 Å². The molecule has 34 heavy (non-hydrogen) atoms. The predicted molar refractivity (Wildman–Crippen MR) is 136 cm³/mol. The zero-order valence-electron chi connectivity index (χ0n) is 19.2. The zero-order chi connectivity index (χ0) is 23.7. The second-order valence-corrected chi connectivity index (χ2v) is 8.56. The summed E-state index contributed by atoms with van der Waals surface area (Å²) >= 11 is 0. The van der Waals surface area contributed by atoms with Crippen LogP contribution >= 0.6 is 0 Å². The highest BCUT2D eigenvalue weighted by atomic mass is 16.1. The van der Waals surface area contributed by atoms with Crippen molar-refractivity contribution in [3.05, 3.63) is 107 Å². The fourth-order valence-electron chi connectivity index (χ4n) is 4.13. The summed E-state index contributed by atoms with van der Waals surface area (Å²) in [5.41, 5.74) is 12.6. The average molecular weight is 448 g/mol. The van der Waals surface area contributed by atoms with Gasteiger partial charge in [0.1, 0.15) is 5.82 Å². The number of nitrogen functional groups attached to an aromatic ring is 1. The number of pyridine rings is 3. The van der Waals surface area contributed by atoms with E-state index in [0.29, 0.717) is 24.3 Å². The molecule has 2 aromatic carbocycles. The maximum atomic E-state index is 12.9. The van der Waals surface area contributed by atoms with Crippen molar-refractivity contribution in [1.29, 1.82) is 0 Å². The molecule has 3 N–H and O–H groups in total. The molecule has 0 spiro atoms. The van der Waals surface area contributed by atoms with E-state index in [1.54, 1.807) is 12.4 Å². The Balaban J connectivity index is 1.32. The minimum Gasteiger partial charge on any atom is -0.383 e. The van der Waals surface area contributed by atoms with Gasteiger partial charge in [0.05, 0.1) is 11.1 Å². The SMILES string of the molecule is Cc1ccc2cc(Cc3cc(C(=O)NCc4ccc5c(N)nccc5c4)cnc3C)ccc2n1. The van der Waals surface area contributed by atoms with Crippen LogP contribution in [0, 0.1) is 13.8 Å². The number of aromatic nitrogens is 3. The lowest BCUT2D eigenvalue weighted by Crippen LogP contribution is -2.23. The zero-order valence-corrected chi connectivity index (χ0v) is 19.2. The number of amides is 1. The third-order valence-electron chi connectivity index (χ3n) is 6.05. The molecule has 0 radical (unpaired) electrons. The molecule has 1 amide bonds. The van der Waals surface area contributed by atoms with Crippen LogP contribution in [0.15, 0.2) is 73.1 Å². The monoisotopic (exact) mass is 447 g/mol. The second-order valence-electron chi connectivity index (χ2n) is 8.56. The number of rotatable bonds is 5. The lowest BCUT2D eigenvalue weighted by atomic mass is 10.0. The third-order valence-corrected chi connectivity index (χ3v) is 6.05. The molecule has 0 bridgehead atoms. The summed E-state index contributed by atoms with van der Waals surface area (Å²) in [6, 6.07) is 20.1. The highest BCUT2D eigenvalue weighted by Crippen LogP contribution is 2.21. The molecule has 168 valence electrons. The van der Waals surface area contributed by atoms with Crippen molar-refractivity contribution in [2.75, 3.05) is 5.73 Å². The number of hydrogen-bond acceptors (Lipinski definition) is 5. The number of carbonyl (C=O) groups excluding carboxylic acids is 1. The van der Waals surface area contributed by atoms with Gasteiger partial charge in [-0.15, -0.1) is 0 Å². The first-order chi connectivity index (χ1) is 16.5. The van der Waals surface area contributed by atoms with Crippen molar-refractivity contribution in [2.24, 2.45) is 0 Å². The van der Waals surface area contributed by atoms with Crippen molar-refractivity contribution < 1.29 is 4.79 Å². The fraction of sp³-hybridized carbons (Fsp3) is 0.143. The predicted octanol–water partition coefficient (Wildman–Crippen LogP) is 4.90. The van der Waals surface area contributed by atoms with Crippen LogP contribution < -0.4 is 11.1 Å². The number of fused-ring (bicyclic) bond motifs is 2. The molecule has 0 aliphatic rings. The molecule has 5 aromatic rings. The quantitative estimate of drug-likeness (QED) is 0.400. The van der Waals surface area contributed by atoms with E-state index in [2.05, 4.69) is 38.5 Å². The molecule has 6 heteroatoms. The van der Waals surface area contributed by atoms with Gasteiger partial charge in [0.2, 0.25) is 0 Å². The standard InChI is InChI=1S/C28H25N5O/c1-17-3-6-22-11-19(5-8-26(22)33-17)12-23-14-24(16-31-18(23)2)28(34)32-15-20-4-7-25-21(13-20)9-10-30-27(25)29/h3-11,13-14,16H,12,15H2,1-2H3,(H2,29,30)(H,32,34). The van der Waals surface area contributed by atoms with Crippen LogP contribution in [-0.2, 0) is 13.0 Å². The van der Waals surface area contributed by atoms with E-state index in [4.69, 9.17) is 5.73 Å². The van der Waals surface area contributed by atoms with Gasteiger partial charge in [-0.2, -0.15) is 0 Å². The topological polar surface area (TPSA) is 93.8 Å². The lowest BCUT2D eigenvalue weighted by molar-refractivity contribution is 0.0950. The Hall–Kier alpha value is -4.32. The van der Waals surface area contributed by atoms with Gasteiger partial charge < -0.3 is 11.1 Å². The molecule has 3 aromatic heterocycles. The summed E-state index contributed by atoms with van der Waals surface area (Å²) in [4.78, 5) is 26.0. The van der Waals surface area contributed by atoms with Crippen LogP contribution in [0.3, 0.4) is 0 Å². The molecule has 0 aliphatic heterocycles. The van der Waals surface area contributed by atoms with Crippen LogP contribution in [0.1, 0.15) is 38.4 Å². The number of hydrogen-bond donors (Lipinski definition) is 2. The summed E-state index contributed by atoms with van der Waals surface area (Å²) in [6.07, 6.45) is 4.02. The molecule has 0 fully saturated rings. The first kappa shape index (κ1) is 21.5. The molecular weight excluding hydrogens is 422 g/mol. The van der Waals surface area contributed by atoms with Crippen LogP contribution in [0.25, 0.3) is 21.7 Å². The van der Waals surface area contributed by atoms with Gasteiger partial charge in [-0.05, 0) is 78.7 Å². The molecule has 0 saturated heterocycles. The summed E-state index contributed by atoms with van der Waals surface area (Å²) in [7, 11) is 0.